The number of hydrogen-bond acceptors (Lipinski definition) is 3. The molecule has 0 aliphatic carbocycles. The summed E-state index contributed by atoms with van der Waals surface area (Å²) in [5.74, 6) is 0. The fraction of sp³-hybridized carbons (Fsp3) is 0.0833. The van der Waals surface area contributed by atoms with E-state index in [1.54, 1.807) is 6.07 Å². The molecule has 0 fully saturated rings. The van der Waals surface area contributed by atoms with Gasteiger partial charge in [0.2, 0.25) is 0 Å². The maximum Gasteiger partial charge on any atom is 0.149 e. The van der Waals surface area contributed by atoms with E-state index in [4.69, 9.17) is 16.9 Å². The summed E-state index contributed by atoms with van der Waals surface area (Å²) < 4.78 is 0.699. The van der Waals surface area contributed by atoms with Gasteiger partial charge in [-0.15, -0.1) is 11.3 Å². The molecule has 1 atom stereocenters. The number of nitrogens with one attached hydrogen (secondary N) is 1. The number of anilines is 1. The zero-order valence-electron chi connectivity index (χ0n) is 8.35. The lowest BCUT2D eigenvalue weighted by Crippen LogP contribution is -2.06. The third kappa shape index (κ3) is 2.54. The Hall–Kier alpha value is -1.50. The maximum atomic E-state index is 9.10. The zero-order valence-corrected chi connectivity index (χ0v) is 9.92. The van der Waals surface area contributed by atoms with Crippen molar-refractivity contribution in [2.75, 3.05) is 5.32 Å². The molecular formula is C12H9ClN2S. The van der Waals surface area contributed by atoms with Gasteiger partial charge in [-0.2, -0.15) is 5.26 Å². The van der Waals surface area contributed by atoms with Crippen molar-refractivity contribution in [1.82, 2.24) is 0 Å². The van der Waals surface area contributed by atoms with Gasteiger partial charge in [0.15, 0.2) is 0 Å². The van der Waals surface area contributed by atoms with Crippen LogP contribution in [0.25, 0.3) is 0 Å². The fourth-order valence-corrected chi connectivity index (χ4v) is 2.41. The van der Waals surface area contributed by atoms with Crippen molar-refractivity contribution in [3.63, 3.8) is 0 Å². The quantitative estimate of drug-likeness (QED) is 0.889. The molecule has 0 bridgehead atoms. The minimum Gasteiger partial charge on any atom is -0.366 e. The number of rotatable bonds is 3. The lowest BCUT2D eigenvalue weighted by Gasteiger charge is -2.10. The van der Waals surface area contributed by atoms with Crippen molar-refractivity contribution in [2.24, 2.45) is 0 Å². The van der Waals surface area contributed by atoms with Crippen LogP contribution in [0.15, 0.2) is 42.5 Å². The van der Waals surface area contributed by atoms with Crippen LogP contribution in [0.3, 0.4) is 0 Å². The molecule has 1 aromatic carbocycles. The maximum absolute atomic E-state index is 9.10. The Morgan fingerprint density at radius 2 is 1.94 bits per heavy atom. The molecule has 0 aliphatic heterocycles. The van der Waals surface area contributed by atoms with Gasteiger partial charge in [0, 0.05) is 10.6 Å². The van der Waals surface area contributed by atoms with Gasteiger partial charge in [0.1, 0.15) is 6.04 Å². The zero-order chi connectivity index (χ0) is 11.4. The molecule has 80 valence electrons. The van der Waals surface area contributed by atoms with Gasteiger partial charge in [0.05, 0.1) is 10.4 Å². The molecule has 4 heteroatoms. The predicted octanol–water partition coefficient (Wildman–Crippen LogP) is 4.08. The van der Waals surface area contributed by atoms with Crippen molar-refractivity contribution in [1.29, 1.82) is 5.26 Å². The second kappa shape index (κ2) is 5.02. The lowest BCUT2D eigenvalue weighted by molar-refractivity contribution is 1.03. The summed E-state index contributed by atoms with van der Waals surface area (Å²) in [6, 6.07) is 15.2. The van der Waals surface area contributed by atoms with Crippen LogP contribution in [0.5, 0.6) is 0 Å². The second-order valence-electron chi connectivity index (χ2n) is 3.21. The van der Waals surface area contributed by atoms with E-state index in [-0.39, 0.29) is 6.04 Å². The standard InChI is InChI=1S/C12H9ClN2S/c13-12-7-6-11(16-12)10(8-14)15-9-4-2-1-3-5-9/h1-7,10,15H. The third-order valence-electron chi connectivity index (χ3n) is 2.09. The van der Waals surface area contributed by atoms with Crippen LogP contribution in [-0.2, 0) is 0 Å². The normalized spacial score (nSPS) is 11.8. The topological polar surface area (TPSA) is 35.8 Å². The first-order valence-corrected chi connectivity index (χ1v) is 5.95. The largest absolute Gasteiger partial charge is 0.366 e. The Morgan fingerprint density at radius 1 is 1.19 bits per heavy atom. The van der Waals surface area contributed by atoms with Gasteiger partial charge < -0.3 is 5.32 Å². The van der Waals surface area contributed by atoms with E-state index < -0.39 is 0 Å². The molecule has 0 spiro atoms. The van der Waals surface area contributed by atoms with Gasteiger partial charge in [-0.25, -0.2) is 0 Å². The number of thiophene rings is 1. The first kappa shape index (κ1) is 11.0. The highest BCUT2D eigenvalue weighted by Crippen LogP contribution is 2.28. The summed E-state index contributed by atoms with van der Waals surface area (Å²) in [6.07, 6.45) is 0. The molecule has 16 heavy (non-hydrogen) atoms. The summed E-state index contributed by atoms with van der Waals surface area (Å²) >= 11 is 7.27. The highest BCUT2D eigenvalue weighted by Gasteiger charge is 2.12. The number of nitrogens with zero attached hydrogens (tertiary/aromatic N) is 1. The Kier molecular flexibility index (Phi) is 3.45. The van der Waals surface area contributed by atoms with Gasteiger partial charge in [-0.05, 0) is 24.3 Å². The second-order valence-corrected chi connectivity index (χ2v) is 4.96. The molecule has 1 unspecified atom stereocenters. The van der Waals surface area contributed by atoms with E-state index >= 15 is 0 Å². The Morgan fingerprint density at radius 3 is 2.50 bits per heavy atom. The molecule has 0 aliphatic rings. The molecule has 1 N–H and O–H groups in total. The van der Waals surface area contributed by atoms with Crippen molar-refractivity contribution >= 4 is 28.6 Å². The number of para-hydroxylation sites is 1. The number of hydrogen-bond donors (Lipinski definition) is 1. The van der Waals surface area contributed by atoms with Crippen LogP contribution in [0, 0.1) is 11.3 Å². The van der Waals surface area contributed by atoms with Gasteiger partial charge >= 0.3 is 0 Å². The summed E-state index contributed by atoms with van der Waals surface area (Å²) in [4.78, 5) is 0.927. The average molecular weight is 249 g/mol. The minimum atomic E-state index is -0.347. The minimum absolute atomic E-state index is 0.347. The molecular weight excluding hydrogens is 240 g/mol. The molecule has 0 saturated carbocycles. The van der Waals surface area contributed by atoms with Crippen molar-refractivity contribution < 1.29 is 0 Å². The van der Waals surface area contributed by atoms with E-state index in [9.17, 15) is 0 Å². The SMILES string of the molecule is N#CC(Nc1ccccc1)c1ccc(Cl)s1. The number of halogens is 1. The van der Waals surface area contributed by atoms with Crippen molar-refractivity contribution in [2.45, 2.75) is 6.04 Å². The van der Waals surface area contributed by atoms with Gasteiger partial charge in [-0.3, -0.25) is 0 Å². The van der Waals surface area contributed by atoms with Gasteiger partial charge in [0.25, 0.3) is 0 Å². The lowest BCUT2D eigenvalue weighted by atomic mass is 10.2. The first-order chi connectivity index (χ1) is 7.79. The van der Waals surface area contributed by atoms with E-state index in [1.807, 2.05) is 36.4 Å². The summed E-state index contributed by atoms with van der Waals surface area (Å²) in [6.45, 7) is 0. The molecule has 2 aromatic rings. The highest BCUT2D eigenvalue weighted by atomic mass is 35.5. The van der Waals surface area contributed by atoms with Crippen LogP contribution < -0.4 is 5.32 Å². The fourth-order valence-electron chi connectivity index (χ4n) is 1.35. The van der Waals surface area contributed by atoms with E-state index in [0.29, 0.717) is 4.34 Å². The Balaban J connectivity index is 2.16. The monoisotopic (exact) mass is 248 g/mol. The van der Waals surface area contributed by atoms with E-state index in [2.05, 4.69) is 11.4 Å². The molecule has 1 heterocycles. The summed E-state index contributed by atoms with van der Waals surface area (Å²) in [5, 5.41) is 12.3. The van der Waals surface area contributed by atoms with Gasteiger partial charge in [-0.1, -0.05) is 29.8 Å². The van der Waals surface area contributed by atoms with Crippen LogP contribution in [-0.4, -0.2) is 0 Å². The Labute approximate surface area is 103 Å². The van der Waals surface area contributed by atoms with Crippen molar-refractivity contribution in [3.8, 4) is 6.07 Å². The predicted molar refractivity (Wildman–Crippen MR) is 67.7 cm³/mol. The summed E-state index contributed by atoms with van der Waals surface area (Å²) in [7, 11) is 0. The molecule has 2 nitrogen and oxygen atoms in total. The first-order valence-electron chi connectivity index (χ1n) is 4.76. The Bertz CT molecular complexity index is 501. The van der Waals surface area contributed by atoms with Crippen LogP contribution in [0.2, 0.25) is 4.34 Å². The molecule has 1 aromatic heterocycles. The number of nitriles is 1. The van der Waals surface area contributed by atoms with Crippen molar-refractivity contribution in [3.05, 3.63) is 51.7 Å². The smallest absolute Gasteiger partial charge is 0.149 e. The summed E-state index contributed by atoms with van der Waals surface area (Å²) in [5.41, 5.74) is 0.929. The van der Waals surface area contributed by atoms with Crippen LogP contribution in [0.4, 0.5) is 5.69 Å². The highest BCUT2D eigenvalue weighted by molar-refractivity contribution is 7.16. The van der Waals surface area contributed by atoms with E-state index in [1.165, 1.54) is 11.3 Å². The third-order valence-corrected chi connectivity index (χ3v) is 3.39. The molecule has 2 rings (SSSR count). The molecule has 0 radical (unpaired) electrons. The molecule has 0 saturated heterocycles. The van der Waals surface area contributed by atoms with Crippen LogP contribution >= 0.6 is 22.9 Å². The average Bonchev–Trinajstić information content (AvgIpc) is 2.74. The molecule has 0 amide bonds. The van der Waals surface area contributed by atoms with E-state index in [0.717, 1.165) is 10.6 Å². The van der Waals surface area contributed by atoms with Crippen LogP contribution in [0.1, 0.15) is 10.9 Å². The number of benzene rings is 1.